The van der Waals surface area contributed by atoms with Crippen molar-refractivity contribution in [2.45, 2.75) is 44.9 Å². The van der Waals surface area contributed by atoms with E-state index in [2.05, 4.69) is 12.2 Å². The smallest absolute Gasteiger partial charge is 0.330 e. The highest BCUT2D eigenvalue weighted by Crippen LogP contribution is 2.22. The summed E-state index contributed by atoms with van der Waals surface area (Å²) in [6, 6.07) is 0. The fourth-order valence-corrected chi connectivity index (χ4v) is 2.22. The Balaban J connectivity index is 1.92. The summed E-state index contributed by atoms with van der Waals surface area (Å²) in [5, 5.41) is 0.636. The minimum Gasteiger partial charge on any atom is -0.330 e. The van der Waals surface area contributed by atoms with Crippen molar-refractivity contribution in [1.82, 2.24) is 5.06 Å². The Labute approximate surface area is 106 Å². The Hall–Kier alpha value is -1.65. The van der Waals surface area contributed by atoms with Crippen LogP contribution >= 0.6 is 0 Å². The minimum atomic E-state index is -0.450. The fraction of sp³-hybridized carbons (Fsp3) is 0.615. The second kappa shape index (κ2) is 5.80. The third-order valence-electron chi connectivity index (χ3n) is 3.29. The zero-order valence-corrected chi connectivity index (χ0v) is 10.3. The molecule has 98 valence electrons. The predicted octanol–water partition coefficient (Wildman–Crippen LogP) is 1.73. The summed E-state index contributed by atoms with van der Waals surface area (Å²) < 4.78 is 0. The van der Waals surface area contributed by atoms with Gasteiger partial charge >= 0.3 is 5.97 Å². The Morgan fingerprint density at radius 1 is 1.11 bits per heavy atom. The molecule has 2 rings (SSSR count). The van der Waals surface area contributed by atoms with E-state index in [0.717, 1.165) is 25.7 Å². The summed E-state index contributed by atoms with van der Waals surface area (Å²) in [4.78, 5) is 39.5. The molecule has 0 aromatic heterocycles. The van der Waals surface area contributed by atoms with Gasteiger partial charge < -0.3 is 4.84 Å². The number of nitrogens with zero attached hydrogens (tertiary/aromatic N) is 1. The largest absolute Gasteiger partial charge is 0.336 e. The number of carbonyl (C=O) groups excluding carboxylic acids is 3. The van der Waals surface area contributed by atoms with Crippen LogP contribution in [-0.4, -0.2) is 22.8 Å². The van der Waals surface area contributed by atoms with E-state index in [1.165, 1.54) is 0 Å². The van der Waals surface area contributed by atoms with Crippen LogP contribution in [0, 0.1) is 5.92 Å². The van der Waals surface area contributed by atoms with Crippen molar-refractivity contribution in [3.8, 4) is 0 Å². The van der Waals surface area contributed by atoms with E-state index in [1.807, 2.05) is 0 Å². The molecule has 2 amide bonds. The maximum Gasteiger partial charge on any atom is 0.336 e. The molecule has 1 atom stereocenters. The van der Waals surface area contributed by atoms with E-state index in [0.29, 0.717) is 11.5 Å². The SMILES string of the molecule is O=C(ON1C(=O)CCC1=O)C1CC/C=C/CCC1. The Morgan fingerprint density at radius 2 is 1.78 bits per heavy atom. The van der Waals surface area contributed by atoms with E-state index in [4.69, 9.17) is 4.84 Å². The third-order valence-corrected chi connectivity index (χ3v) is 3.29. The van der Waals surface area contributed by atoms with Crippen LogP contribution in [0.15, 0.2) is 12.2 Å². The first-order valence-electron chi connectivity index (χ1n) is 6.41. The van der Waals surface area contributed by atoms with Crippen LogP contribution in [0.2, 0.25) is 0 Å². The first kappa shape index (κ1) is 12.8. The highest BCUT2D eigenvalue weighted by atomic mass is 16.7. The summed E-state index contributed by atoms with van der Waals surface area (Å²) in [7, 11) is 0. The number of imide groups is 1. The van der Waals surface area contributed by atoms with Gasteiger partial charge in [-0.1, -0.05) is 12.2 Å². The summed E-state index contributed by atoms with van der Waals surface area (Å²) >= 11 is 0. The lowest BCUT2D eigenvalue weighted by Gasteiger charge is -2.19. The lowest BCUT2D eigenvalue weighted by atomic mass is 9.94. The van der Waals surface area contributed by atoms with E-state index in [1.54, 1.807) is 0 Å². The molecular formula is C13H17NO4. The van der Waals surface area contributed by atoms with Crippen LogP contribution in [0.1, 0.15) is 44.9 Å². The van der Waals surface area contributed by atoms with Crippen LogP contribution in [0.3, 0.4) is 0 Å². The van der Waals surface area contributed by atoms with Gasteiger partial charge in [-0.2, -0.15) is 0 Å². The van der Waals surface area contributed by atoms with Crippen LogP contribution in [-0.2, 0) is 19.2 Å². The molecule has 0 N–H and O–H groups in total. The minimum absolute atomic E-state index is 0.138. The fourth-order valence-electron chi connectivity index (χ4n) is 2.22. The van der Waals surface area contributed by atoms with Crippen LogP contribution in [0.5, 0.6) is 0 Å². The van der Waals surface area contributed by atoms with Crippen LogP contribution in [0.4, 0.5) is 0 Å². The lowest BCUT2D eigenvalue weighted by molar-refractivity contribution is -0.201. The Bertz CT molecular complexity index is 372. The number of hydrogen-bond acceptors (Lipinski definition) is 4. The quantitative estimate of drug-likeness (QED) is 0.554. The van der Waals surface area contributed by atoms with Crippen molar-refractivity contribution in [3.05, 3.63) is 12.2 Å². The molecule has 2 aliphatic rings. The average molecular weight is 251 g/mol. The van der Waals surface area contributed by atoms with Gasteiger partial charge in [0.2, 0.25) is 0 Å². The Kier molecular flexibility index (Phi) is 4.12. The summed E-state index contributed by atoms with van der Waals surface area (Å²) in [6.45, 7) is 0. The van der Waals surface area contributed by atoms with Gasteiger partial charge in [0.25, 0.3) is 11.8 Å². The van der Waals surface area contributed by atoms with Crippen molar-refractivity contribution in [2.75, 3.05) is 0 Å². The number of allylic oxidation sites excluding steroid dienone is 2. The molecule has 1 fully saturated rings. The van der Waals surface area contributed by atoms with Gasteiger partial charge in [-0.15, -0.1) is 5.06 Å². The maximum absolute atomic E-state index is 11.9. The van der Waals surface area contributed by atoms with Gasteiger partial charge in [0, 0.05) is 12.8 Å². The van der Waals surface area contributed by atoms with Gasteiger partial charge in [-0.25, -0.2) is 4.79 Å². The van der Waals surface area contributed by atoms with E-state index < -0.39 is 17.8 Å². The van der Waals surface area contributed by atoms with Crippen molar-refractivity contribution >= 4 is 17.8 Å². The predicted molar refractivity (Wildman–Crippen MR) is 62.9 cm³/mol. The van der Waals surface area contributed by atoms with Crippen LogP contribution in [0.25, 0.3) is 0 Å². The van der Waals surface area contributed by atoms with Gasteiger partial charge in [0.1, 0.15) is 0 Å². The third kappa shape index (κ3) is 2.97. The molecule has 0 saturated carbocycles. The highest BCUT2D eigenvalue weighted by molar-refractivity contribution is 6.01. The average Bonchev–Trinajstić information content (AvgIpc) is 2.60. The number of amides is 2. The number of carbonyl (C=O) groups is 3. The molecule has 0 radical (unpaired) electrons. The first-order chi connectivity index (χ1) is 8.68. The van der Waals surface area contributed by atoms with Gasteiger partial charge in [-0.05, 0) is 32.1 Å². The molecule has 1 aliphatic carbocycles. The van der Waals surface area contributed by atoms with E-state index in [9.17, 15) is 14.4 Å². The van der Waals surface area contributed by atoms with Crippen molar-refractivity contribution in [3.63, 3.8) is 0 Å². The zero-order valence-electron chi connectivity index (χ0n) is 10.3. The lowest BCUT2D eigenvalue weighted by Crippen LogP contribution is -2.34. The topological polar surface area (TPSA) is 63.7 Å². The number of rotatable bonds is 2. The summed E-state index contributed by atoms with van der Waals surface area (Å²) in [5.41, 5.74) is 0. The summed E-state index contributed by atoms with van der Waals surface area (Å²) in [6.07, 6.45) is 8.65. The van der Waals surface area contributed by atoms with Gasteiger partial charge in [-0.3, -0.25) is 9.59 Å². The number of hydroxylamine groups is 2. The molecule has 0 aromatic rings. The molecule has 1 heterocycles. The molecule has 1 aliphatic heterocycles. The number of hydrogen-bond donors (Lipinski definition) is 0. The highest BCUT2D eigenvalue weighted by Gasteiger charge is 2.34. The molecule has 0 bridgehead atoms. The van der Waals surface area contributed by atoms with E-state index in [-0.39, 0.29) is 18.8 Å². The molecule has 1 saturated heterocycles. The molecule has 18 heavy (non-hydrogen) atoms. The van der Waals surface area contributed by atoms with Crippen LogP contribution < -0.4 is 0 Å². The first-order valence-corrected chi connectivity index (χ1v) is 6.41. The van der Waals surface area contributed by atoms with Crippen molar-refractivity contribution in [2.24, 2.45) is 5.92 Å². The van der Waals surface area contributed by atoms with Gasteiger partial charge in [0.15, 0.2) is 0 Å². The standard InChI is InChI=1S/C13H17NO4/c15-11-8-9-12(16)14(11)18-13(17)10-6-4-2-1-3-5-7-10/h1-2,10H,3-9H2/b2-1+. The molecule has 5 heteroatoms. The molecular weight excluding hydrogens is 234 g/mol. The van der Waals surface area contributed by atoms with Crippen molar-refractivity contribution in [1.29, 1.82) is 0 Å². The Morgan fingerprint density at radius 3 is 2.50 bits per heavy atom. The maximum atomic E-state index is 11.9. The second-order valence-electron chi connectivity index (χ2n) is 4.67. The molecule has 0 spiro atoms. The van der Waals surface area contributed by atoms with Gasteiger partial charge in [0.05, 0.1) is 5.92 Å². The molecule has 5 nitrogen and oxygen atoms in total. The second-order valence-corrected chi connectivity index (χ2v) is 4.67. The normalized spacial score (nSPS) is 26.7. The monoisotopic (exact) mass is 251 g/mol. The molecule has 0 aromatic carbocycles. The molecule has 1 unspecified atom stereocenters. The van der Waals surface area contributed by atoms with Crippen molar-refractivity contribution < 1.29 is 19.2 Å². The summed E-state index contributed by atoms with van der Waals surface area (Å²) in [5.74, 6) is -1.50. The zero-order chi connectivity index (χ0) is 13.0. The van der Waals surface area contributed by atoms with E-state index >= 15 is 0 Å².